The van der Waals surface area contributed by atoms with E-state index >= 15 is 0 Å². The number of nitrogens with two attached hydrogens (primary N) is 2. The maximum atomic E-state index is 12.9. The van der Waals surface area contributed by atoms with Gasteiger partial charge in [0, 0.05) is 5.56 Å². The van der Waals surface area contributed by atoms with Crippen molar-refractivity contribution in [3.8, 4) is 11.1 Å². The van der Waals surface area contributed by atoms with Crippen LogP contribution in [0.1, 0.15) is 12.0 Å². The lowest BCUT2D eigenvalue weighted by Gasteiger charge is -2.17. The molecule has 0 fully saturated rings. The van der Waals surface area contributed by atoms with Crippen LogP contribution in [0.4, 0.5) is 5.13 Å². The van der Waals surface area contributed by atoms with Gasteiger partial charge in [-0.2, -0.15) is 5.11 Å². The van der Waals surface area contributed by atoms with E-state index in [4.69, 9.17) is 16.0 Å². The molecule has 1 aliphatic rings. The van der Waals surface area contributed by atoms with Crippen LogP contribution in [0.3, 0.4) is 0 Å². The fourth-order valence-corrected chi connectivity index (χ4v) is 7.06. The molecule has 0 amide bonds. The van der Waals surface area contributed by atoms with Gasteiger partial charge in [-0.3, -0.25) is 4.79 Å². The second kappa shape index (κ2) is 8.26. The molecule has 5 N–H and O–H groups in total. The third kappa shape index (κ3) is 4.35. The van der Waals surface area contributed by atoms with Crippen LogP contribution in [0.15, 0.2) is 55.3 Å². The number of anilines is 1. The predicted molar refractivity (Wildman–Crippen MR) is 121 cm³/mol. The molecule has 0 unspecified atom stereocenters. The summed E-state index contributed by atoms with van der Waals surface area (Å²) in [6.07, 6.45) is -0.721. The Labute approximate surface area is 191 Å². The summed E-state index contributed by atoms with van der Waals surface area (Å²) in [4.78, 5) is 17.9. The number of azo groups is 1. The minimum Gasteiger partial charge on any atom is -0.481 e. The number of hydrogen-bond donors (Lipinski definition) is 3. The van der Waals surface area contributed by atoms with Gasteiger partial charge in [0.2, 0.25) is 10.0 Å². The van der Waals surface area contributed by atoms with E-state index in [9.17, 15) is 21.6 Å². The van der Waals surface area contributed by atoms with E-state index < -0.39 is 47.8 Å². The van der Waals surface area contributed by atoms with E-state index in [0.717, 1.165) is 10.8 Å². The molecular formula is C18H16N6O6S3. The molecule has 4 rings (SSSR count). The maximum absolute atomic E-state index is 12.9. The molecule has 0 radical (unpaired) electrons. The number of carboxylic acid groups (broad SMARTS) is 1. The molecule has 15 heteroatoms. The van der Waals surface area contributed by atoms with Crippen LogP contribution in [0.5, 0.6) is 0 Å². The Morgan fingerprint density at radius 3 is 2.52 bits per heavy atom. The number of rotatable bonds is 7. The lowest BCUT2D eigenvalue weighted by atomic mass is 9.98. The van der Waals surface area contributed by atoms with E-state index in [0.29, 0.717) is 11.1 Å². The second-order valence-electron chi connectivity index (χ2n) is 6.89. The van der Waals surface area contributed by atoms with Crippen molar-refractivity contribution in [3.63, 3.8) is 0 Å². The van der Waals surface area contributed by atoms with Gasteiger partial charge >= 0.3 is 5.97 Å². The minimum absolute atomic E-state index is 0.0807. The van der Waals surface area contributed by atoms with Crippen molar-refractivity contribution in [3.05, 3.63) is 35.9 Å². The lowest BCUT2D eigenvalue weighted by Crippen LogP contribution is -2.23. The quantitative estimate of drug-likeness (QED) is 0.426. The second-order valence-corrected chi connectivity index (χ2v) is 11.5. The van der Waals surface area contributed by atoms with Crippen LogP contribution in [-0.4, -0.2) is 51.2 Å². The highest BCUT2D eigenvalue weighted by Gasteiger charge is 2.33. The summed E-state index contributed by atoms with van der Waals surface area (Å²) in [7, 11) is -9.01. The first-order valence-electron chi connectivity index (χ1n) is 9.21. The highest BCUT2D eigenvalue weighted by atomic mass is 32.2. The zero-order valence-corrected chi connectivity index (χ0v) is 19.1. The molecule has 0 aliphatic carbocycles. The summed E-state index contributed by atoms with van der Waals surface area (Å²) in [5.74, 6) is -2.30. The molecule has 0 atom stereocenters. The fraction of sp³-hybridized carbons (Fsp3) is 0.167. The Hall–Kier alpha value is -3.27. The number of nitrogen functional groups attached to an aromatic ring is 1. The van der Waals surface area contributed by atoms with E-state index in [1.165, 1.54) is 17.4 Å². The average Bonchev–Trinajstić information content (AvgIpc) is 3.39. The Morgan fingerprint density at radius 1 is 1.12 bits per heavy atom. The van der Waals surface area contributed by atoms with Crippen LogP contribution in [0.2, 0.25) is 0 Å². The summed E-state index contributed by atoms with van der Waals surface area (Å²) in [6.45, 7) is -0.0807. The number of sulfonamides is 1. The number of amidine groups is 1. The summed E-state index contributed by atoms with van der Waals surface area (Å²) in [5, 5.41) is 22.3. The topological polar surface area (TPSA) is 208 Å². The normalized spacial score (nSPS) is 14.0. The number of nitrogens with zero attached hydrogens (tertiary/aromatic N) is 4. The van der Waals surface area contributed by atoms with Gasteiger partial charge in [0.15, 0.2) is 27.5 Å². The molecule has 2 heterocycles. The Balaban J connectivity index is 2.10. The van der Waals surface area contributed by atoms with E-state index in [2.05, 4.69) is 20.2 Å². The summed E-state index contributed by atoms with van der Waals surface area (Å²) >= 11 is 1.23. The van der Waals surface area contributed by atoms with Crippen LogP contribution >= 0.6 is 11.3 Å². The van der Waals surface area contributed by atoms with Crippen LogP contribution < -0.4 is 10.9 Å². The number of carbonyl (C=O) groups is 1. The zero-order chi connectivity index (χ0) is 24.0. The molecule has 0 spiro atoms. The van der Waals surface area contributed by atoms with Crippen molar-refractivity contribution in [1.29, 1.82) is 0 Å². The van der Waals surface area contributed by atoms with E-state index in [1.807, 2.05) is 0 Å². The van der Waals surface area contributed by atoms with Crippen molar-refractivity contribution in [1.82, 2.24) is 4.98 Å². The van der Waals surface area contributed by atoms with Crippen LogP contribution in [0, 0.1) is 0 Å². The molecule has 1 aliphatic heterocycles. The van der Waals surface area contributed by atoms with Gasteiger partial charge in [-0.25, -0.2) is 32.0 Å². The van der Waals surface area contributed by atoms with Crippen LogP contribution in [-0.2, 0) is 24.7 Å². The highest BCUT2D eigenvalue weighted by Crippen LogP contribution is 2.39. The number of primary sulfonamides is 1. The van der Waals surface area contributed by atoms with Gasteiger partial charge in [-0.05, 0) is 17.7 Å². The minimum atomic E-state index is -4.65. The monoisotopic (exact) mass is 508 g/mol. The van der Waals surface area contributed by atoms with Gasteiger partial charge in [-0.15, -0.1) is 5.11 Å². The van der Waals surface area contributed by atoms with Crippen molar-refractivity contribution in [2.75, 3.05) is 18.2 Å². The first-order valence-corrected chi connectivity index (χ1v) is 13.2. The number of thiazole rings is 1. The number of para-hydroxylation sites is 1. The third-order valence-electron chi connectivity index (χ3n) is 4.72. The predicted octanol–water partition coefficient (Wildman–Crippen LogP) is 1.61. The van der Waals surface area contributed by atoms with Gasteiger partial charge < -0.3 is 10.8 Å². The molecule has 1 aromatic heterocycles. The number of hydrogen-bond acceptors (Lipinski definition) is 11. The fourth-order valence-electron chi connectivity index (χ4n) is 3.41. The number of benzene rings is 2. The number of aromatic nitrogens is 1. The molecule has 0 bridgehead atoms. The molecule has 33 heavy (non-hydrogen) atoms. The molecule has 12 nitrogen and oxygen atoms in total. The molecule has 3 aromatic rings. The van der Waals surface area contributed by atoms with Crippen molar-refractivity contribution in [2.45, 2.75) is 16.2 Å². The van der Waals surface area contributed by atoms with Gasteiger partial charge in [0.25, 0.3) is 0 Å². The zero-order valence-electron chi connectivity index (χ0n) is 16.7. The SMILES string of the molecule is Nc1nc2c(-c3ccc(S(=O)(=O)CCC(=O)O)c(S(N)(=O)=O)c3C3=NCN=N3)cccc2s1. The van der Waals surface area contributed by atoms with Gasteiger partial charge in [0.05, 0.1) is 32.8 Å². The number of aliphatic carboxylic acids is 1. The summed E-state index contributed by atoms with van der Waals surface area (Å²) < 4.78 is 52.0. The lowest BCUT2D eigenvalue weighted by molar-refractivity contribution is -0.136. The Kier molecular flexibility index (Phi) is 5.73. The Morgan fingerprint density at radius 2 is 1.88 bits per heavy atom. The standard InChI is InChI=1S/C18H16N6O6S3/c19-18-23-15-10(2-1-3-11(15)31-18)9-4-5-12(32(27,28)7-6-13(25)26)16(33(20,29)30)14(9)17-21-8-22-24-17/h1-5H,6-8H2,(H2,19,23)(H,25,26)(H2,20,29,30). The molecule has 0 saturated carbocycles. The largest absolute Gasteiger partial charge is 0.481 e. The smallest absolute Gasteiger partial charge is 0.304 e. The third-order valence-corrected chi connectivity index (χ3v) is 8.45. The van der Waals surface area contributed by atoms with Crippen molar-refractivity contribution in [2.24, 2.45) is 20.4 Å². The molecular weight excluding hydrogens is 492 g/mol. The molecule has 172 valence electrons. The maximum Gasteiger partial charge on any atom is 0.304 e. The van der Waals surface area contributed by atoms with Crippen molar-refractivity contribution >= 4 is 58.4 Å². The number of sulfone groups is 1. The van der Waals surface area contributed by atoms with Gasteiger partial charge in [0.1, 0.15) is 4.90 Å². The average molecular weight is 509 g/mol. The number of fused-ring (bicyclic) bond motifs is 1. The van der Waals surface area contributed by atoms with E-state index in [1.54, 1.807) is 18.2 Å². The Bertz CT molecular complexity index is 1570. The first-order chi connectivity index (χ1) is 15.5. The van der Waals surface area contributed by atoms with Crippen LogP contribution in [0.25, 0.3) is 21.3 Å². The van der Waals surface area contributed by atoms with Crippen molar-refractivity contribution < 1.29 is 26.7 Å². The highest BCUT2D eigenvalue weighted by molar-refractivity contribution is 7.93. The summed E-state index contributed by atoms with van der Waals surface area (Å²) in [5.41, 5.74) is 6.87. The number of carboxylic acids is 1. The summed E-state index contributed by atoms with van der Waals surface area (Å²) in [6, 6.07) is 7.63. The van der Waals surface area contributed by atoms with E-state index in [-0.39, 0.29) is 28.8 Å². The molecule has 2 aromatic carbocycles. The van der Waals surface area contributed by atoms with Gasteiger partial charge in [-0.1, -0.05) is 29.5 Å². The number of aliphatic imine (C=N–C) groups is 1. The first kappa shape index (κ1) is 22.9. The molecule has 0 saturated heterocycles.